The maximum atomic E-state index is 12.0. The Morgan fingerprint density at radius 1 is 1.47 bits per heavy atom. The molecule has 0 aromatic heterocycles. The Balaban J connectivity index is 2.35. The molecule has 0 spiro atoms. The van der Waals surface area contributed by atoms with Crippen molar-refractivity contribution < 1.29 is 14.2 Å². The summed E-state index contributed by atoms with van der Waals surface area (Å²) in [5, 5.41) is 0. The van der Waals surface area contributed by atoms with Crippen LogP contribution in [-0.2, 0) is 4.79 Å². The second-order valence-electron chi connectivity index (χ2n) is 4.86. The lowest BCUT2D eigenvalue weighted by molar-refractivity contribution is -0.500. The van der Waals surface area contributed by atoms with Gasteiger partial charge in [-0.1, -0.05) is 13.8 Å². The van der Waals surface area contributed by atoms with Gasteiger partial charge in [-0.2, -0.15) is 0 Å². The zero-order valence-corrected chi connectivity index (χ0v) is 10.5. The van der Waals surface area contributed by atoms with Crippen molar-refractivity contribution in [2.24, 2.45) is 10.9 Å². The number of hydrogen-bond donors (Lipinski definition) is 0. The van der Waals surface area contributed by atoms with E-state index in [0.717, 1.165) is 0 Å². The Hall–Kier alpha value is -1.72. The fourth-order valence-electron chi connectivity index (χ4n) is 2.07. The molecular formula is C11H17N4O2+. The number of nitrogens with zero attached hydrogens (tertiary/aromatic N) is 4. The highest BCUT2D eigenvalue weighted by molar-refractivity contribution is 6.21. The molecule has 2 rings (SSSR count). The summed E-state index contributed by atoms with van der Waals surface area (Å²) >= 11 is 0. The summed E-state index contributed by atoms with van der Waals surface area (Å²) in [6.45, 7) is 4.64. The van der Waals surface area contributed by atoms with Crippen molar-refractivity contribution in [1.29, 1.82) is 0 Å². The molecule has 17 heavy (non-hydrogen) atoms. The van der Waals surface area contributed by atoms with Crippen molar-refractivity contribution in [2.75, 3.05) is 20.6 Å². The van der Waals surface area contributed by atoms with Crippen LogP contribution in [0, 0.1) is 5.92 Å². The third-order valence-electron chi connectivity index (χ3n) is 2.93. The molecule has 6 heteroatoms. The fraction of sp³-hybridized carbons (Fsp3) is 0.636. The van der Waals surface area contributed by atoms with Crippen LogP contribution in [0.4, 0.5) is 4.79 Å². The number of hydrogen-bond acceptors (Lipinski definition) is 3. The molecule has 6 nitrogen and oxygen atoms in total. The third-order valence-corrected chi connectivity index (χ3v) is 2.93. The maximum Gasteiger partial charge on any atom is 0.333 e. The van der Waals surface area contributed by atoms with Gasteiger partial charge in [0.2, 0.25) is 0 Å². The molecule has 1 unspecified atom stereocenters. The lowest BCUT2D eigenvalue weighted by atomic mass is 10.1. The summed E-state index contributed by atoms with van der Waals surface area (Å²) in [5.41, 5.74) is 0. The van der Waals surface area contributed by atoms with Crippen LogP contribution in [-0.4, -0.2) is 65.2 Å². The highest BCUT2D eigenvalue weighted by Gasteiger charge is 2.50. The number of rotatable bonds is 2. The maximum absolute atomic E-state index is 12.0. The minimum Gasteiger partial charge on any atom is -0.269 e. The standard InChI is InChI=1S/C11H17N4O2/c1-7(2)5-15-9-8(13(3)6-12-9)10(16)14(4)11(15)17/h6-8H,5H2,1-4H3/q+1. The second kappa shape index (κ2) is 3.94. The molecular weight excluding hydrogens is 220 g/mol. The molecule has 2 heterocycles. The van der Waals surface area contributed by atoms with Gasteiger partial charge in [-0.15, -0.1) is 0 Å². The smallest absolute Gasteiger partial charge is 0.269 e. The second-order valence-corrected chi connectivity index (χ2v) is 4.86. The lowest BCUT2D eigenvalue weighted by Gasteiger charge is -2.33. The van der Waals surface area contributed by atoms with Crippen LogP contribution in [0.3, 0.4) is 0 Å². The molecule has 0 aliphatic carbocycles. The molecule has 1 fully saturated rings. The number of fused-ring (bicyclic) bond motifs is 1. The first-order valence-electron chi connectivity index (χ1n) is 5.65. The summed E-state index contributed by atoms with van der Waals surface area (Å²) in [4.78, 5) is 31.0. The topological polar surface area (TPSA) is 56.0 Å². The predicted molar refractivity (Wildman–Crippen MR) is 63.2 cm³/mol. The van der Waals surface area contributed by atoms with E-state index in [-0.39, 0.29) is 11.9 Å². The highest BCUT2D eigenvalue weighted by Crippen LogP contribution is 2.18. The van der Waals surface area contributed by atoms with Gasteiger partial charge < -0.3 is 0 Å². The molecule has 1 atom stereocenters. The van der Waals surface area contributed by atoms with Gasteiger partial charge in [0.15, 0.2) is 0 Å². The van der Waals surface area contributed by atoms with E-state index in [1.165, 1.54) is 11.9 Å². The van der Waals surface area contributed by atoms with Gasteiger partial charge in [-0.05, 0) is 10.9 Å². The molecule has 0 radical (unpaired) electrons. The average Bonchev–Trinajstić information content (AvgIpc) is 2.63. The Morgan fingerprint density at radius 3 is 2.71 bits per heavy atom. The molecule has 0 aromatic rings. The summed E-state index contributed by atoms with van der Waals surface area (Å²) in [6, 6.07) is -0.737. The largest absolute Gasteiger partial charge is 0.333 e. The van der Waals surface area contributed by atoms with Gasteiger partial charge in [0, 0.05) is 13.6 Å². The Morgan fingerprint density at radius 2 is 2.12 bits per heavy atom. The highest BCUT2D eigenvalue weighted by atomic mass is 16.2. The summed E-state index contributed by atoms with van der Waals surface area (Å²) < 4.78 is 1.73. The zero-order chi connectivity index (χ0) is 12.7. The van der Waals surface area contributed by atoms with Crippen LogP contribution in [0.25, 0.3) is 0 Å². The van der Waals surface area contributed by atoms with Crippen molar-refractivity contribution in [3.63, 3.8) is 0 Å². The van der Waals surface area contributed by atoms with Gasteiger partial charge in [0.05, 0.1) is 7.05 Å². The number of likely N-dealkylation sites (N-methyl/N-ethyl adjacent to an activating group) is 2. The molecule has 1 saturated heterocycles. The molecule has 0 N–H and O–H groups in total. The summed E-state index contributed by atoms with van der Waals surface area (Å²) in [6.07, 6.45) is 1.59. The number of carbonyl (C=O) groups excluding carboxylic acids is 2. The van der Waals surface area contributed by atoms with Crippen LogP contribution in [0.5, 0.6) is 0 Å². The van der Waals surface area contributed by atoms with Gasteiger partial charge >= 0.3 is 6.03 Å². The van der Waals surface area contributed by atoms with Crippen LogP contribution in [0.2, 0.25) is 0 Å². The molecule has 2 aliphatic heterocycles. The van der Waals surface area contributed by atoms with Crippen LogP contribution in [0.15, 0.2) is 4.99 Å². The first kappa shape index (κ1) is 11.8. The molecule has 92 valence electrons. The van der Waals surface area contributed by atoms with Gasteiger partial charge in [-0.25, -0.2) is 9.37 Å². The van der Waals surface area contributed by atoms with Gasteiger partial charge in [0.25, 0.3) is 24.1 Å². The molecule has 0 bridgehead atoms. The minimum absolute atomic E-state index is 0.218. The first-order chi connectivity index (χ1) is 7.93. The van der Waals surface area contributed by atoms with Crippen molar-refractivity contribution in [3.05, 3.63) is 0 Å². The Labute approximate surface area is 100 Å². The van der Waals surface area contributed by atoms with Gasteiger partial charge in [0.1, 0.15) is 0 Å². The van der Waals surface area contributed by atoms with E-state index in [1.54, 1.807) is 22.9 Å². The van der Waals surface area contributed by atoms with E-state index in [1.807, 2.05) is 13.8 Å². The molecule has 0 saturated carbocycles. The lowest BCUT2D eigenvalue weighted by Crippen LogP contribution is -2.62. The normalized spacial score (nSPS) is 24.2. The van der Waals surface area contributed by atoms with E-state index < -0.39 is 6.04 Å². The number of aliphatic imine (C=N–C) groups is 1. The molecule has 0 aromatic carbocycles. The quantitative estimate of drug-likeness (QED) is 0.634. The van der Waals surface area contributed by atoms with Crippen molar-refractivity contribution in [3.8, 4) is 0 Å². The number of amides is 3. The first-order valence-corrected chi connectivity index (χ1v) is 5.65. The van der Waals surface area contributed by atoms with E-state index in [9.17, 15) is 9.59 Å². The van der Waals surface area contributed by atoms with Crippen molar-refractivity contribution in [1.82, 2.24) is 9.80 Å². The SMILES string of the molecule is CC(C)CN1C(=O)N(C)C(=O)C2C1=NC=[N+]2C. The Bertz CT molecular complexity index is 439. The number of imide groups is 1. The van der Waals surface area contributed by atoms with E-state index in [2.05, 4.69) is 4.99 Å². The van der Waals surface area contributed by atoms with Crippen LogP contribution >= 0.6 is 0 Å². The van der Waals surface area contributed by atoms with Crippen molar-refractivity contribution >= 4 is 24.1 Å². The summed E-state index contributed by atoms with van der Waals surface area (Å²) in [5.74, 6) is 0.661. The number of amidine groups is 1. The Kier molecular flexibility index (Phi) is 2.73. The van der Waals surface area contributed by atoms with E-state index in [0.29, 0.717) is 18.3 Å². The third kappa shape index (κ3) is 1.73. The predicted octanol–water partition coefficient (Wildman–Crippen LogP) is -0.0123. The van der Waals surface area contributed by atoms with Gasteiger partial charge in [-0.3, -0.25) is 14.6 Å². The number of urea groups is 1. The van der Waals surface area contributed by atoms with E-state index >= 15 is 0 Å². The van der Waals surface area contributed by atoms with Crippen molar-refractivity contribution in [2.45, 2.75) is 19.9 Å². The summed E-state index contributed by atoms with van der Waals surface area (Å²) in [7, 11) is 3.30. The zero-order valence-electron chi connectivity index (χ0n) is 10.5. The average molecular weight is 237 g/mol. The minimum atomic E-state index is -0.448. The molecule has 2 aliphatic rings. The fourth-order valence-corrected chi connectivity index (χ4v) is 2.07. The van der Waals surface area contributed by atoms with Crippen LogP contribution < -0.4 is 0 Å². The van der Waals surface area contributed by atoms with E-state index in [4.69, 9.17) is 0 Å². The van der Waals surface area contributed by atoms with Crippen LogP contribution in [0.1, 0.15) is 13.8 Å². The molecule has 3 amide bonds. The monoisotopic (exact) mass is 237 g/mol. The number of carbonyl (C=O) groups is 2.